The van der Waals surface area contributed by atoms with Gasteiger partial charge in [-0.25, -0.2) is 9.99 Å². The summed E-state index contributed by atoms with van der Waals surface area (Å²) in [4.78, 5) is 29.8. The van der Waals surface area contributed by atoms with Crippen LogP contribution in [0.15, 0.2) is 53.3 Å². The van der Waals surface area contributed by atoms with Gasteiger partial charge in [-0.2, -0.15) is 5.26 Å². The van der Waals surface area contributed by atoms with E-state index >= 15 is 0 Å². The van der Waals surface area contributed by atoms with Crippen molar-refractivity contribution >= 4 is 35.1 Å². The number of β-lactam (4-membered cyclic amide) rings is 1. The van der Waals surface area contributed by atoms with E-state index in [9.17, 15) is 14.9 Å². The fourth-order valence-corrected chi connectivity index (χ4v) is 3.91. The molecule has 0 saturated carbocycles. The Kier molecular flexibility index (Phi) is 5.78. The molecule has 1 aliphatic heterocycles. The molecule has 1 amide bonds. The van der Waals surface area contributed by atoms with Gasteiger partial charge in [0.05, 0.1) is 12.8 Å². The van der Waals surface area contributed by atoms with Crippen molar-refractivity contribution in [2.75, 3.05) is 12.5 Å². The van der Waals surface area contributed by atoms with Crippen LogP contribution in [-0.4, -0.2) is 33.0 Å². The summed E-state index contributed by atoms with van der Waals surface area (Å²) in [5.74, 6) is 0.405. The van der Waals surface area contributed by atoms with Crippen molar-refractivity contribution in [3.8, 4) is 23.1 Å². The lowest BCUT2D eigenvalue weighted by Crippen LogP contribution is -2.59. The Bertz CT molecular complexity index is 1280. The minimum absolute atomic E-state index is 0.0920. The van der Waals surface area contributed by atoms with Crippen LogP contribution < -0.4 is 15.7 Å². The lowest BCUT2D eigenvalue weighted by atomic mass is 9.95. The molecule has 32 heavy (non-hydrogen) atoms. The number of carbonyl (C=O) groups excluding carboxylic acids is 1. The van der Waals surface area contributed by atoms with Crippen LogP contribution in [0, 0.1) is 11.3 Å². The summed E-state index contributed by atoms with van der Waals surface area (Å²) in [5.41, 5.74) is 3.76. The third-order valence-electron chi connectivity index (χ3n) is 5.23. The van der Waals surface area contributed by atoms with Crippen molar-refractivity contribution in [1.82, 2.24) is 14.6 Å². The first-order valence-electron chi connectivity index (χ1n) is 9.50. The van der Waals surface area contributed by atoms with Crippen molar-refractivity contribution < 1.29 is 9.53 Å². The fourth-order valence-electron chi connectivity index (χ4n) is 3.42. The zero-order valence-electron chi connectivity index (χ0n) is 17.0. The Hall–Kier alpha value is -3.54. The molecule has 0 bridgehead atoms. The standard InChI is InChI=1S/C22H17Cl2N5O3/c1-28-20(30)16(11-25)18(12-3-7-14(23)8-4-12)26-22(28)27-29-19(17(24)21(29)31)13-5-9-15(32-2)10-6-13/h3-10,17,19H,1-2H3,(H,26,27). The van der Waals surface area contributed by atoms with Crippen LogP contribution in [-0.2, 0) is 11.8 Å². The van der Waals surface area contributed by atoms with E-state index in [0.29, 0.717) is 16.3 Å². The Labute approximate surface area is 193 Å². The molecule has 1 saturated heterocycles. The number of anilines is 1. The third-order valence-corrected chi connectivity index (χ3v) is 5.90. The first kappa shape index (κ1) is 21.7. The molecule has 2 atom stereocenters. The molecule has 0 aliphatic carbocycles. The molecule has 2 heterocycles. The second-order valence-corrected chi connectivity index (χ2v) is 7.99. The molecular formula is C22H17Cl2N5O3. The molecule has 2 unspecified atom stereocenters. The minimum atomic E-state index is -0.776. The minimum Gasteiger partial charge on any atom is -0.497 e. The summed E-state index contributed by atoms with van der Waals surface area (Å²) in [5, 5.41) is 10.6. The Morgan fingerprint density at radius 1 is 1.12 bits per heavy atom. The van der Waals surface area contributed by atoms with E-state index < -0.39 is 17.0 Å². The van der Waals surface area contributed by atoms with Crippen molar-refractivity contribution in [2.45, 2.75) is 11.4 Å². The first-order valence-corrected chi connectivity index (χ1v) is 10.3. The monoisotopic (exact) mass is 469 g/mol. The number of hydrogen-bond donors (Lipinski definition) is 1. The maximum absolute atomic E-state index is 12.8. The molecule has 3 aromatic rings. The van der Waals surface area contributed by atoms with Gasteiger partial charge in [0.2, 0.25) is 5.95 Å². The number of alkyl halides is 1. The van der Waals surface area contributed by atoms with Gasteiger partial charge in [0.15, 0.2) is 0 Å². The van der Waals surface area contributed by atoms with Crippen molar-refractivity contribution in [1.29, 1.82) is 5.26 Å². The molecule has 1 N–H and O–H groups in total. The fraction of sp³-hybridized carbons (Fsp3) is 0.182. The highest BCUT2D eigenvalue weighted by Gasteiger charge is 2.48. The normalized spacial score (nSPS) is 17.5. The number of methoxy groups -OCH3 is 1. The predicted molar refractivity (Wildman–Crippen MR) is 120 cm³/mol. The maximum atomic E-state index is 12.8. The number of benzene rings is 2. The number of hydrazine groups is 1. The van der Waals surface area contributed by atoms with Crippen molar-refractivity contribution in [3.05, 3.63) is 75.0 Å². The molecule has 8 nitrogen and oxygen atoms in total. The number of amides is 1. The number of nitrogens with zero attached hydrogens (tertiary/aromatic N) is 4. The second kappa shape index (κ2) is 8.54. The van der Waals surface area contributed by atoms with E-state index in [1.54, 1.807) is 43.5 Å². The zero-order chi connectivity index (χ0) is 23.0. The number of hydrogen-bond acceptors (Lipinski definition) is 6. The van der Waals surface area contributed by atoms with Gasteiger partial charge in [-0.15, -0.1) is 11.6 Å². The van der Waals surface area contributed by atoms with E-state index in [1.165, 1.54) is 16.6 Å². The number of ether oxygens (including phenoxy) is 1. The lowest BCUT2D eigenvalue weighted by Gasteiger charge is -2.44. The summed E-state index contributed by atoms with van der Waals surface area (Å²) < 4.78 is 6.35. The molecule has 0 radical (unpaired) electrons. The molecule has 1 fully saturated rings. The van der Waals surface area contributed by atoms with Gasteiger partial charge in [-0.05, 0) is 29.8 Å². The van der Waals surface area contributed by atoms with Crippen molar-refractivity contribution in [3.63, 3.8) is 0 Å². The van der Waals surface area contributed by atoms with Crippen LogP contribution in [0.25, 0.3) is 11.3 Å². The third kappa shape index (κ3) is 3.66. The summed E-state index contributed by atoms with van der Waals surface area (Å²) in [6.07, 6.45) is 0. The molecule has 2 aromatic carbocycles. The van der Waals surface area contributed by atoms with Gasteiger partial charge in [-0.1, -0.05) is 35.9 Å². The van der Waals surface area contributed by atoms with Gasteiger partial charge in [0.25, 0.3) is 11.5 Å². The number of nitrogens with one attached hydrogen (secondary N) is 1. The van der Waals surface area contributed by atoms with Crippen LogP contribution in [0.4, 0.5) is 5.95 Å². The van der Waals surface area contributed by atoms with Crippen LogP contribution in [0.3, 0.4) is 0 Å². The van der Waals surface area contributed by atoms with Crippen LogP contribution >= 0.6 is 23.2 Å². The lowest BCUT2D eigenvalue weighted by molar-refractivity contribution is -0.143. The average molecular weight is 470 g/mol. The van der Waals surface area contributed by atoms with Crippen LogP contribution in [0.1, 0.15) is 17.2 Å². The van der Waals surface area contributed by atoms with E-state index in [0.717, 1.165) is 5.56 Å². The van der Waals surface area contributed by atoms with Crippen LogP contribution in [0.2, 0.25) is 5.02 Å². The van der Waals surface area contributed by atoms with E-state index in [1.807, 2.05) is 18.2 Å². The van der Waals surface area contributed by atoms with Gasteiger partial charge in [0.1, 0.15) is 28.8 Å². The quantitative estimate of drug-likeness (QED) is 0.453. The van der Waals surface area contributed by atoms with Gasteiger partial charge in [0, 0.05) is 17.6 Å². The highest BCUT2D eigenvalue weighted by molar-refractivity contribution is 6.33. The van der Waals surface area contributed by atoms with E-state index in [2.05, 4.69) is 10.4 Å². The zero-order valence-corrected chi connectivity index (χ0v) is 18.6. The first-order chi connectivity index (χ1) is 15.3. The summed E-state index contributed by atoms with van der Waals surface area (Å²) in [6, 6.07) is 15.2. The number of halogens is 2. The summed E-state index contributed by atoms with van der Waals surface area (Å²) >= 11 is 12.2. The second-order valence-electron chi connectivity index (χ2n) is 7.08. The largest absolute Gasteiger partial charge is 0.497 e. The maximum Gasteiger partial charge on any atom is 0.273 e. The topological polar surface area (TPSA) is 100 Å². The number of rotatable bonds is 5. The average Bonchev–Trinajstić information content (AvgIpc) is 2.82. The Balaban J connectivity index is 1.73. The number of aromatic nitrogens is 2. The summed E-state index contributed by atoms with van der Waals surface area (Å²) in [7, 11) is 3.03. The Morgan fingerprint density at radius 2 is 1.78 bits per heavy atom. The van der Waals surface area contributed by atoms with Crippen LogP contribution in [0.5, 0.6) is 5.75 Å². The number of carbonyl (C=O) groups is 1. The van der Waals surface area contributed by atoms with Crippen molar-refractivity contribution in [2.24, 2.45) is 7.05 Å². The molecule has 1 aliphatic rings. The van der Waals surface area contributed by atoms with Gasteiger partial charge >= 0.3 is 0 Å². The highest BCUT2D eigenvalue weighted by Crippen LogP contribution is 2.39. The Morgan fingerprint density at radius 3 is 2.38 bits per heavy atom. The molecular weight excluding hydrogens is 453 g/mol. The molecule has 0 spiro atoms. The van der Waals surface area contributed by atoms with Gasteiger partial charge < -0.3 is 4.74 Å². The highest BCUT2D eigenvalue weighted by atomic mass is 35.5. The predicted octanol–water partition coefficient (Wildman–Crippen LogP) is 3.50. The molecule has 10 heteroatoms. The molecule has 162 valence electrons. The smallest absolute Gasteiger partial charge is 0.273 e. The molecule has 1 aromatic heterocycles. The summed E-state index contributed by atoms with van der Waals surface area (Å²) in [6.45, 7) is 0. The van der Waals surface area contributed by atoms with E-state index in [4.69, 9.17) is 27.9 Å². The molecule has 4 rings (SSSR count). The number of nitriles is 1. The van der Waals surface area contributed by atoms with E-state index in [-0.39, 0.29) is 23.1 Å². The SMILES string of the molecule is COc1ccc(C2C(Cl)C(=O)N2Nc2nc(-c3ccc(Cl)cc3)c(C#N)c(=O)n2C)cc1. The van der Waals surface area contributed by atoms with Gasteiger partial charge in [-0.3, -0.25) is 19.6 Å².